The first-order valence-electron chi connectivity index (χ1n) is 9.55. The van der Waals surface area contributed by atoms with Crippen LogP contribution >= 0.6 is 11.3 Å². The third kappa shape index (κ3) is 3.98. The molecule has 1 amide bonds. The van der Waals surface area contributed by atoms with Crippen molar-refractivity contribution in [3.8, 4) is 0 Å². The van der Waals surface area contributed by atoms with Crippen molar-refractivity contribution >= 4 is 34.9 Å². The van der Waals surface area contributed by atoms with E-state index < -0.39 is 17.5 Å². The van der Waals surface area contributed by atoms with Crippen molar-refractivity contribution in [1.29, 1.82) is 5.41 Å². The number of halogens is 2. The van der Waals surface area contributed by atoms with Crippen LogP contribution in [0.5, 0.6) is 0 Å². The van der Waals surface area contributed by atoms with Crippen LogP contribution in [0.25, 0.3) is 0 Å². The molecule has 3 heterocycles. The fraction of sp³-hybridized carbons (Fsp3) is 0.238. The Kier molecular flexibility index (Phi) is 5.64. The molecule has 0 fully saturated rings. The van der Waals surface area contributed by atoms with Gasteiger partial charge in [-0.2, -0.15) is 10.2 Å². The number of carbonyl (C=O) groups excluding carboxylic acids is 1. The third-order valence-electron chi connectivity index (χ3n) is 5.30. The lowest BCUT2D eigenvalue weighted by Crippen LogP contribution is -2.44. The summed E-state index contributed by atoms with van der Waals surface area (Å²) in [6, 6.07) is 4.84. The van der Waals surface area contributed by atoms with E-state index >= 15 is 0 Å². The van der Waals surface area contributed by atoms with Gasteiger partial charge in [0.1, 0.15) is 5.82 Å². The number of hydrazone groups is 1. The molecule has 0 bridgehead atoms. The highest BCUT2D eigenvalue weighted by atomic mass is 32.1. The van der Waals surface area contributed by atoms with E-state index in [1.165, 1.54) is 6.07 Å². The minimum atomic E-state index is -0.841. The normalized spacial score (nSPS) is 18.6. The van der Waals surface area contributed by atoms with Gasteiger partial charge in [0.2, 0.25) is 0 Å². The van der Waals surface area contributed by atoms with Gasteiger partial charge < -0.3 is 10.3 Å². The highest BCUT2D eigenvalue weighted by molar-refractivity contribution is 7.10. The molecule has 0 saturated carbocycles. The quantitative estimate of drug-likeness (QED) is 0.464. The SMILES string of the molecule is CC1c2sccc2C(c2cnn(C)c2)CN1C(=O)/C(C=N)=N/Nc1ccc(F)cc1F. The molecule has 1 aliphatic rings. The van der Waals surface area contributed by atoms with E-state index in [2.05, 4.69) is 21.7 Å². The van der Waals surface area contributed by atoms with E-state index in [0.717, 1.165) is 28.3 Å². The van der Waals surface area contributed by atoms with Gasteiger partial charge in [-0.25, -0.2) is 8.78 Å². The van der Waals surface area contributed by atoms with Crippen LogP contribution in [-0.4, -0.2) is 39.1 Å². The van der Waals surface area contributed by atoms with Crippen LogP contribution in [0.1, 0.15) is 34.9 Å². The first-order chi connectivity index (χ1) is 14.9. The van der Waals surface area contributed by atoms with E-state index in [1.807, 2.05) is 25.5 Å². The lowest BCUT2D eigenvalue weighted by molar-refractivity contribution is -0.126. The molecule has 2 N–H and O–H groups in total. The predicted molar refractivity (Wildman–Crippen MR) is 116 cm³/mol. The molecule has 0 saturated heterocycles. The van der Waals surface area contributed by atoms with Crippen LogP contribution in [-0.2, 0) is 11.8 Å². The summed E-state index contributed by atoms with van der Waals surface area (Å²) in [6.07, 6.45) is 4.54. The van der Waals surface area contributed by atoms with Crippen LogP contribution in [0.2, 0.25) is 0 Å². The number of aryl methyl sites for hydroxylation is 1. The number of amides is 1. The summed E-state index contributed by atoms with van der Waals surface area (Å²) in [7, 11) is 1.84. The van der Waals surface area contributed by atoms with Crippen molar-refractivity contribution in [2.45, 2.75) is 18.9 Å². The van der Waals surface area contributed by atoms with Crippen LogP contribution in [0, 0.1) is 17.0 Å². The number of carbonyl (C=O) groups is 1. The maximum absolute atomic E-state index is 13.9. The van der Waals surface area contributed by atoms with Crippen molar-refractivity contribution < 1.29 is 13.6 Å². The number of aromatic nitrogens is 2. The van der Waals surface area contributed by atoms with Crippen LogP contribution < -0.4 is 5.43 Å². The fourth-order valence-corrected chi connectivity index (χ4v) is 4.74. The van der Waals surface area contributed by atoms with E-state index in [9.17, 15) is 13.6 Å². The maximum atomic E-state index is 13.9. The van der Waals surface area contributed by atoms with E-state index in [4.69, 9.17) is 5.41 Å². The van der Waals surface area contributed by atoms with Gasteiger partial charge in [0.25, 0.3) is 5.91 Å². The highest BCUT2D eigenvalue weighted by Gasteiger charge is 2.36. The Morgan fingerprint density at radius 3 is 2.87 bits per heavy atom. The number of benzene rings is 1. The first-order valence-corrected chi connectivity index (χ1v) is 10.4. The topological polar surface area (TPSA) is 86.4 Å². The number of thiophene rings is 1. The van der Waals surface area contributed by atoms with Gasteiger partial charge in [-0.3, -0.25) is 14.9 Å². The molecular formula is C21H20F2N6OS. The molecule has 4 rings (SSSR count). The van der Waals surface area contributed by atoms with Gasteiger partial charge in [0.05, 0.1) is 24.1 Å². The first kappa shape index (κ1) is 20.9. The van der Waals surface area contributed by atoms with E-state index in [0.29, 0.717) is 12.6 Å². The number of anilines is 1. The van der Waals surface area contributed by atoms with Gasteiger partial charge in [0, 0.05) is 36.7 Å². The molecule has 1 aromatic carbocycles. The second kappa shape index (κ2) is 8.38. The van der Waals surface area contributed by atoms with Crippen molar-refractivity contribution in [3.05, 3.63) is 69.7 Å². The molecule has 10 heteroatoms. The molecule has 3 aromatic rings. The lowest BCUT2D eigenvalue weighted by Gasteiger charge is -2.37. The Hall–Kier alpha value is -3.40. The maximum Gasteiger partial charge on any atom is 0.276 e. The van der Waals surface area contributed by atoms with Gasteiger partial charge >= 0.3 is 0 Å². The molecule has 7 nitrogen and oxygen atoms in total. The number of fused-ring (bicyclic) bond motifs is 1. The van der Waals surface area contributed by atoms with Gasteiger partial charge in [-0.1, -0.05) is 0 Å². The summed E-state index contributed by atoms with van der Waals surface area (Å²) in [5, 5.41) is 17.8. The lowest BCUT2D eigenvalue weighted by atomic mass is 9.87. The van der Waals surface area contributed by atoms with Crippen molar-refractivity contribution in [3.63, 3.8) is 0 Å². The average Bonchev–Trinajstić information content (AvgIpc) is 3.40. The summed E-state index contributed by atoms with van der Waals surface area (Å²) in [6.45, 7) is 2.33. The predicted octanol–water partition coefficient (Wildman–Crippen LogP) is 3.91. The fourth-order valence-electron chi connectivity index (χ4n) is 3.71. The molecule has 2 unspecified atom stereocenters. The highest BCUT2D eigenvalue weighted by Crippen LogP contribution is 2.42. The zero-order valence-electron chi connectivity index (χ0n) is 16.8. The van der Waals surface area contributed by atoms with Crippen LogP contribution in [0.4, 0.5) is 14.5 Å². The van der Waals surface area contributed by atoms with Crippen LogP contribution in [0.15, 0.2) is 47.1 Å². The molecule has 0 spiro atoms. The number of rotatable bonds is 5. The number of nitrogens with zero attached hydrogens (tertiary/aromatic N) is 4. The third-order valence-corrected chi connectivity index (χ3v) is 6.40. The molecule has 2 aromatic heterocycles. The largest absolute Gasteiger partial charge is 0.329 e. The molecule has 1 aliphatic heterocycles. The monoisotopic (exact) mass is 442 g/mol. The number of nitrogens with one attached hydrogen (secondary N) is 2. The Labute approximate surface area is 181 Å². The standard InChI is InChI=1S/C21H20F2N6OS/c1-12-20-15(5-6-31-20)16(13-9-25-28(2)10-13)11-29(12)21(30)19(8-24)27-26-18-4-3-14(22)7-17(18)23/h3-10,12,16,24,26H,11H2,1-2H3/b24-8?,27-19+. The Morgan fingerprint density at radius 2 is 2.19 bits per heavy atom. The van der Waals surface area contributed by atoms with Crippen molar-refractivity contribution in [2.24, 2.45) is 12.1 Å². The molecule has 31 heavy (non-hydrogen) atoms. The summed E-state index contributed by atoms with van der Waals surface area (Å²) in [5.41, 5.74) is 4.31. The van der Waals surface area contributed by atoms with Crippen molar-refractivity contribution in [2.75, 3.05) is 12.0 Å². The van der Waals surface area contributed by atoms with E-state index in [-0.39, 0.29) is 23.4 Å². The summed E-state index contributed by atoms with van der Waals surface area (Å²) < 4.78 is 28.7. The van der Waals surface area contributed by atoms with Crippen molar-refractivity contribution in [1.82, 2.24) is 14.7 Å². The minimum Gasteiger partial charge on any atom is -0.329 e. The minimum absolute atomic E-state index is 0.0513. The molecule has 2 atom stereocenters. The second-order valence-corrected chi connectivity index (χ2v) is 8.20. The Balaban J connectivity index is 1.62. The molecule has 0 radical (unpaired) electrons. The molecular weight excluding hydrogens is 422 g/mol. The zero-order chi connectivity index (χ0) is 22.1. The summed E-state index contributed by atoms with van der Waals surface area (Å²) in [4.78, 5) is 16.0. The van der Waals surface area contributed by atoms with Gasteiger partial charge in [0.15, 0.2) is 11.5 Å². The number of hydrogen-bond donors (Lipinski definition) is 2. The zero-order valence-corrected chi connectivity index (χ0v) is 17.7. The summed E-state index contributed by atoms with van der Waals surface area (Å²) >= 11 is 1.57. The average molecular weight is 442 g/mol. The summed E-state index contributed by atoms with van der Waals surface area (Å²) in [5.74, 6) is -2.06. The van der Waals surface area contributed by atoms with E-state index in [1.54, 1.807) is 27.1 Å². The second-order valence-electron chi connectivity index (χ2n) is 7.25. The van der Waals surface area contributed by atoms with Crippen LogP contribution in [0.3, 0.4) is 0 Å². The number of hydrogen-bond acceptors (Lipinski definition) is 6. The Morgan fingerprint density at radius 1 is 1.39 bits per heavy atom. The molecule has 160 valence electrons. The smallest absolute Gasteiger partial charge is 0.276 e. The van der Waals surface area contributed by atoms with Gasteiger partial charge in [-0.05, 0) is 41.6 Å². The Bertz CT molecular complexity index is 1170. The van der Waals surface area contributed by atoms with Gasteiger partial charge in [-0.15, -0.1) is 11.3 Å². The molecule has 0 aliphatic carbocycles.